The standard InChI is InChI=1S/C12H13N5O3/c1-4-5-13-8(18)6-17-7-14-10-9(17)11(19)16(3)12(20)15(10)2/h1,7H,5-6H2,2-3H3,(H,13,18). The number of rotatable bonds is 3. The molecule has 1 amide bonds. The minimum absolute atomic E-state index is 0.0916. The first-order valence-electron chi connectivity index (χ1n) is 5.78. The van der Waals surface area contributed by atoms with Crippen LogP contribution < -0.4 is 16.6 Å². The summed E-state index contributed by atoms with van der Waals surface area (Å²) in [5, 5.41) is 2.49. The van der Waals surface area contributed by atoms with Gasteiger partial charge in [-0.15, -0.1) is 6.42 Å². The highest BCUT2D eigenvalue weighted by Crippen LogP contribution is 2.04. The van der Waals surface area contributed by atoms with Crippen molar-refractivity contribution in [1.29, 1.82) is 0 Å². The van der Waals surface area contributed by atoms with Gasteiger partial charge in [0.2, 0.25) is 5.91 Å². The number of aryl methyl sites for hydroxylation is 1. The number of nitrogens with zero attached hydrogens (tertiary/aromatic N) is 4. The quantitative estimate of drug-likeness (QED) is 0.668. The summed E-state index contributed by atoms with van der Waals surface area (Å²) in [6.07, 6.45) is 6.39. The van der Waals surface area contributed by atoms with E-state index in [1.165, 1.54) is 29.6 Å². The number of terminal acetylenes is 1. The van der Waals surface area contributed by atoms with Crippen LogP contribution in [0, 0.1) is 12.3 Å². The van der Waals surface area contributed by atoms with Gasteiger partial charge < -0.3 is 9.88 Å². The molecule has 0 spiro atoms. The van der Waals surface area contributed by atoms with E-state index in [1.807, 2.05) is 0 Å². The number of fused-ring (bicyclic) bond motifs is 1. The highest BCUT2D eigenvalue weighted by Gasteiger charge is 2.15. The molecule has 2 aromatic rings. The molecule has 0 aliphatic heterocycles. The molecule has 8 nitrogen and oxygen atoms in total. The number of nitrogens with one attached hydrogen (secondary N) is 1. The fourth-order valence-electron chi connectivity index (χ4n) is 1.88. The molecule has 2 heterocycles. The highest BCUT2D eigenvalue weighted by atomic mass is 16.2. The van der Waals surface area contributed by atoms with E-state index in [1.54, 1.807) is 0 Å². The lowest BCUT2D eigenvalue weighted by molar-refractivity contribution is -0.121. The topological polar surface area (TPSA) is 90.9 Å². The number of aromatic nitrogens is 4. The lowest BCUT2D eigenvalue weighted by atomic mass is 10.4. The fourth-order valence-corrected chi connectivity index (χ4v) is 1.88. The number of hydrogen-bond donors (Lipinski definition) is 1. The van der Waals surface area contributed by atoms with E-state index < -0.39 is 11.2 Å². The molecule has 0 atom stereocenters. The Morgan fingerprint density at radius 2 is 2.10 bits per heavy atom. The Morgan fingerprint density at radius 3 is 2.75 bits per heavy atom. The zero-order valence-electron chi connectivity index (χ0n) is 11.1. The first kappa shape index (κ1) is 13.6. The van der Waals surface area contributed by atoms with Crippen LogP contribution in [0.3, 0.4) is 0 Å². The molecular weight excluding hydrogens is 262 g/mol. The highest BCUT2D eigenvalue weighted by molar-refractivity contribution is 5.79. The molecule has 0 aromatic carbocycles. The Labute approximate surface area is 113 Å². The molecular formula is C12H13N5O3. The Balaban J connectivity index is 2.53. The summed E-state index contributed by atoms with van der Waals surface area (Å²) in [5.41, 5.74) is -0.525. The third kappa shape index (κ3) is 2.09. The molecule has 0 bridgehead atoms. The van der Waals surface area contributed by atoms with Gasteiger partial charge >= 0.3 is 5.69 Å². The molecule has 104 valence electrons. The Bertz CT molecular complexity index is 834. The number of imidazole rings is 1. The molecule has 0 fully saturated rings. The van der Waals surface area contributed by atoms with Gasteiger partial charge in [0.05, 0.1) is 12.9 Å². The van der Waals surface area contributed by atoms with Crippen LogP contribution >= 0.6 is 0 Å². The summed E-state index contributed by atoms with van der Waals surface area (Å²) in [7, 11) is 2.89. The van der Waals surface area contributed by atoms with Crippen LogP contribution in [0.25, 0.3) is 11.2 Å². The molecule has 0 unspecified atom stereocenters. The molecule has 2 aromatic heterocycles. The predicted molar refractivity (Wildman–Crippen MR) is 72.1 cm³/mol. The normalized spacial score (nSPS) is 10.4. The molecule has 2 rings (SSSR count). The van der Waals surface area contributed by atoms with Gasteiger partial charge in [-0.05, 0) is 0 Å². The molecule has 0 saturated carbocycles. The zero-order valence-corrected chi connectivity index (χ0v) is 11.1. The Hall–Kier alpha value is -2.82. The van der Waals surface area contributed by atoms with Crippen molar-refractivity contribution in [3.05, 3.63) is 27.2 Å². The molecule has 0 aliphatic carbocycles. The summed E-state index contributed by atoms with van der Waals surface area (Å²) in [6, 6.07) is 0. The van der Waals surface area contributed by atoms with Crippen molar-refractivity contribution < 1.29 is 4.79 Å². The molecule has 0 radical (unpaired) electrons. The van der Waals surface area contributed by atoms with E-state index in [0.717, 1.165) is 4.57 Å². The van der Waals surface area contributed by atoms with Crippen LogP contribution in [0.1, 0.15) is 0 Å². The van der Waals surface area contributed by atoms with Crippen LogP contribution in [0.4, 0.5) is 0 Å². The number of carbonyl (C=O) groups is 1. The molecule has 20 heavy (non-hydrogen) atoms. The summed E-state index contributed by atoms with van der Waals surface area (Å²) in [4.78, 5) is 39.5. The van der Waals surface area contributed by atoms with Crippen LogP contribution in [0.15, 0.2) is 15.9 Å². The second kappa shape index (κ2) is 5.05. The number of amides is 1. The van der Waals surface area contributed by atoms with Gasteiger partial charge in [-0.1, -0.05) is 5.92 Å². The maximum atomic E-state index is 12.1. The van der Waals surface area contributed by atoms with Crippen molar-refractivity contribution in [2.24, 2.45) is 14.1 Å². The fraction of sp³-hybridized carbons (Fsp3) is 0.333. The summed E-state index contributed by atoms with van der Waals surface area (Å²) in [6.45, 7) is 0.0214. The van der Waals surface area contributed by atoms with Gasteiger partial charge in [-0.25, -0.2) is 9.78 Å². The van der Waals surface area contributed by atoms with Crippen molar-refractivity contribution in [1.82, 2.24) is 24.0 Å². The maximum Gasteiger partial charge on any atom is 0.332 e. The smallest absolute Gasteiger partial charge is 0.332 e. The average molecular weight is 275 g/mol. The third-order valence-corrected chi connectivity index (χ3v) is 2.92. The minimum atomic E-state index is -0.495. The van der Waals surface area contributed by atoms with Crippen LogP contribution in [-0.2, 0) is 25.4 Å². The van der Waals surface area contributed by atoms with Gasteiger partial charge in [0, 0.05) is 14.1 Å². The Kier molecular flexibility index (Phi) is 3.43. The largest absolute Gasteiger partial charge is 0.344 e. The Morgan fingerprint density at radius 1 is 1.40 bits per heavy atom. The van der Waals surface area contributed by atoms with Crippen molar-refractivity contribution in [2.45, 2.75) is 6.54 Å². The predicted octanol–water partition coefficient (Wildman–Crippen LogP) is -1.82. The van der Waals surface area contributed by atoms with Crippen molar-refractivity contribution in [2.75, 3.05) is 6.54 Å². The van der Waals surface area contributed by atoms with E-state index >= 15 is 0 Å². The maximum absolute atomic E-state index is 12.1. The van der Waals surface area contributed by atoms with Crippen molar-refractivity contribution in [3.63, 3.8) is 0 Å². The molecule has 0 aliphatic rings. The van der Waals surface area contributed by atoms with E-state index in [-0.39, 0.29) is 30.2 Å². The van der Waals surface area contributed by atoms with Crippen LogP contribution in [-0.4, -0.2) is 31.1 Å². The molecule has 1 N–H and O–H groups in total. The van der Waals surface area contributed by atoms with Crippen molar-refractivity contribution in [3.8, 4) is 12.3 Å². The third-order valence-electron chi connectivity index (χ3n) is 2.92. The number of carbonyl (C=O) groups excluding carboxylic acids is 1. The van der Waals surface area contributed by atoms with Gasteiger partial charge in [-0.3, -0.25) is 18.7 Å². The zero-order chi connectivity index (χ0) is 14.9. The van der Waals surface area contributed by atoms with Gasteiger partial charge in [-0.2, -0.15) is 0 Å². The van der Waals surface area contributed by atoms with Gasteiger partial charge in [0.1, 0.15) is 6.54 Å². The lowest BCUT2D eigenvalue weighted by Crippen LogP contribution is -2.38. The van der Waals surface area contributed by atoms with E-state index in [2.05, 4.69) is 16.2 Å². The van der Waals surface area contributed by atoms with Crippen molar-refractivity contribution >= 4 is 17.1 Å². The first-order chi connectivity index (χ1) is 9.47. The molecule has 8 heteroatoms. The lowest BCUT2D eigenvalue weighted by Gasteiger charge is -2.06. The second-order valence-electron chi connectivity index (χ2n) is 4.23. The van der Waals surface area contributed by atoms with E-state index in [0.29, 0.717) is 0 Å². The minimum Gasteiger partial charge on any atom is -0.344 e. The molecule has 0 saturated heterocycles. The number of hydrogen-bond acceptors (Lipinski definition) is 4. The van der Waals surface area contributed by atoms with Crippen LogP contribution in [0.2, 0.25) is 0 Å². The van der Waals surface area contributed by atoms with E-state index in [9.17, 15) is 14.4 Å². The van der Waals surface area contributed by atoms with Gasteiger partial charge in [0.15, 0.2) is 11.2 Å². The summed E-state index contributed by atoms with van der Waals surface area (Å²) < 4.78 is 3.62. The second-order valence-corrected chi connectivity index (χ2v) is 4.23. The van der Waals surface area contributed by atoms with Crippen LogP contribution in [0.5, 0.6) is 0 Å². The first-order valence-corrected chi connectivity index (χ1v) is 5.78. The summed E-state index contributed by atoms with van der Waals surface area (Å²) >= 11 is 0. The monoisotopic (exact) mass is 275 g/mol. The van der Waals surface area contributed by atoms with E-state index in [4.69, 9.17) is 6.42 Å². The SMILES string of the molecule is C#CCNC(=O)Cn1cnc2c1c(=O)n(C)c(=O)n2C. The average Bonchev–Trinajstić information content (AvgIpc) is 2.84. The summed E-state index contributed by atoms with van der Waals surface area (Å²) in [5.74, 6) is 1.95. The van der Waals surface area contributed by atoms with Gasteiger partial charge in [0.25, 0.3) is 5.56 Å².